The summed E-state index contributed by atoms with van der Waals surface area (Å²) in [6, 6.07) is 6.48. The van der Waals surface area contributed by atoms with Gasteiger partial charge in [0, 0.05) is 13.1 Å². The third kappa shape index (κ3) is 3.65. The molecule has 4 nitrogen and oxygen atoms in total. The highest BCUT2D eigenvalue weighted by molar-refractivity contribution is 7.89. The van der Waals surface area contributed by atoms with Crippen molar-refractivity contribution in [1.29, 1.82) is 0 Å². The summed E-state index contributed by atoms with van der Waals surface area (Å²) in [5, 5.41) is 9.03. The molecule has 0 aliphatic carbocycles. The van der Waals surface area contributed by atoms with Gasteiger partial charge in [0.15, 0.2) is 0 Å². The van der Waals surface area contributed by atoms with E-state index in [9.17, 15) is 8.42 Å². The van der Waals surface area contributed by atoms with Gasteiger partial charge in [0.25, 0.3) is 0 Å². The number of rotatable bonds is 3. The molecule has 2 rings (SSSR count). The van der Waals surface area contributed by atoms with Gasteiger partial charge in [-0.2, -0.15) is 4.31 Å². The molecule has 0 bridgehead atoms. The number of benzene rings is 1. The van der Waals surface area contributed by atoms with E-state index in [1.807, 2.05) is 0 Å². The molecule has 1 aromatic rings. The van der Waals surface area contributed by atoms with Crippen molar-refractivity contribution in [2.75, 3.05) is 13.1 Å². The fourth-order valence-electron chi connectivity index (χ4n) is 2.88. The van der Waals surface area contributed by atoms with Crippen LogP contribution in [0.15, 0.2) is 29.2 Å². The molecule has 0 spiro atoms. The molecule has 118 valence electrons. The normalized spacial score (nSPS) is 18.9. The zero-order chi connectivity index (χ0) is 15.7. The first kappa shape index (κ1) is 16.5. The van der Waals surface area contributed by atoms with Gasteiger partial charge >= 0.3 is 0 Å². The van der Waals surface area contributed by atoms with Crippen LogP contribution in [0, 0.1) is 11.3 Å². The molecule has 1 fully saturated rings. The van der Waals surface area contributed by atoms with Crippen molar-refractivity contribution in [3.63, 3.8) is 0 Å². The van der Waals surface area contributed by atoms with E-state index in [-0.39, 0.29) is 12.0 Å². The van der Waals surface area contributed by atoms with Crippen LogP contribution < -0.4 is 0 Å². The fraction of sp³-hybridized carbons (Fsp3) is 0.625. The molecule has 0 unspecified atom stereocenters. The molecular weight excluding hydrogens is 286 g/mol. The summed E-state index contributed by atoms with van der Waals surface area (Å²) in [5.41, 5.74) is 0.957. The van der Waals surface area contributed by atoms with E-state index in [1.165, 1.54) is 0 Å². The van der Waals surface area contributed by atoms with Crippen LogP contribution in [0.2, 0.25) is 0 Å². The molecule has 1 aromatic carbocycles. The average molecular weight is 311 g/mol. The first-order valence-electron chi connectivity index (χ1n) is 7.45. The first-order chi connectivity index (χ1) is 9.75. The lowest BCUT2D eigenvalue weighted by atomic mass is 9.76. The molecule has 0 atom stereocenters. The van der Waals surface area contributed by atoms with Crippen molar-refractivity contribution >= 4 is 10.0 Å². The van der Waals surface area contributed by atoms with E-state index in [1.54, 1.807) is 28.6 Å². The number of aliphatic hydroxyl groups is 1. The number of hydrogen-bond donors (Lipinski definition) is 1. The maximum Gasteiger partial charge on any atom is 0.243 e. The summed E-state index contributed by atoms with van der Waals surface area (Å²) in [6.45, 7) is 7.76. The minimum Gasteiger partial charge on any atom is -0.392 e. The van der Waals surface area contributed by atoms with Crippen LogP contribution in [0.4, 0.5) is 0 Å². The second-order valence-electron chi connectivity index (χ2n) is 6.85. The Morgan fingerprint density at radius 3 is 2.10 bits per heavy atom. The number of sulfonamides is 1. The van der Waals surface area contributed by atoms with Gasteiger partial charge in [-0.1, -0.05) is 32.9 Å². The molecule has 1 heterocycles. The molecule has 0 amide bonds. The van der Waals surface area contributed by atoms with Gasteiger partial charge in [-0.3, -0.25) is 0 Å². The second kappa shape index (κ2) is 6.07. The van der Waals surface area contributed by atoms with Crippen LogP contribution in [0.5, 0.6) is 0 Å². The summed E-state index contributed by atoms with van der Waals surface area (Å²) < 4.78 is 26.8. The lowest BCUT2D eigenvalue weighted by Gasteiger charge is -2.38. The van der Waals surface area contributed by atoms with E-state index in [4.69, 9.17) is 5.11 Å². The lowest BCUT2D eigenvalue weighted by molar-refractivity contribution is 0.154. The first-order valence-corrected chi connectivity index (χ1v) is 8.89. The Balaban J connectivity index is 2.11. The van der Waals surface area contributed by atoms with Gasteiger partial charge in [-0.25, -0.2) is 8.42 Å². The number of piperidine rings is 1. The molecule has 0 radical (unpaired) electrons. The van der Waals surface area contributed by atoms with E-state index in [0.29, 0.717) is 23.9 Å². The van der Waals surface area contributed by atoms with Crippen LogP contribution in [0.1, 0.15) is 39.2 Å². The maximum absolute atomic E-state index is 12.6. The highest BCUT2D eigenvalue weighted by Crippen LogP contribution is 2.35. The third-order valence-electron chi connectivity index (χ3n) is 4.42. The quantitative estimate of drug-likeness (QED) is 0.933. The van der Waals surface area contributed by atoms with E-state index >= 15 is 0 Å². The Morgan fingerprint density at radius 2 is 1.67 bits per heavy atom. The minimum absolute atomic E-state index is 0.0721. The van der Waals surface area contributed by atoms with Crippen molar-refractivity contribution in [3.8, 4) is 0 Å². The maximum atomic E-state index is 12.6. The summed E-state index contributed by atoms with van der Waals surface area (Å²) >= 11 is 0. The van der Waals surface area contributed by atoms with Crippen molar-refractivity contribution < 1.29 is 13.5 Å². The number of hydrogen-bond acceptors (Lipinski definition) is 3. The monoisotopic (exact) mass is 311 g/mol. The topological polar surface area (TPSA) is 57.6 Å². The molecular formula is C16H25NO3S. The molecule has 0 aromatic heterocycles. The number of nitrogens with zero attached hydrogens (tertiary/aromatic N) is 1. The van der Waals surface area contributed by atoms with E-state index < -0.39 is 10.0 Å². The lowest BCUT2D eigenvalue weighted by Crippen LogP contribution is -2.41. The van der Waals surface area contributed by atoms with Crippen molar-refractivity contribution in [1.82, 2.24) is 4.31 Å². The standard InChI is InChI=1S/C16H25NO3S/c1-16(2,3)14-8-10-17(11-9-14)21(19,20)15-6-4-13(12-18)5-7-15/h4-7,14,18H,8-12H2,1-3H3. The van der Waals surface area contributed by atoms with Crippen molar-refractivity contribution in [3.05, 3.63) is 29.8 Å². The van der Waals surface area contributed by atoms with Gasteiger partial charge in [0.2, 0.25) is 10.0 Å². The minimum atomic E-state index is -3.40. The summed E-state index contributed by atoms with van der Waals surface area (Å²) in [5.74, 6) is 0.570. The Kier molecular flexibility index (Phi) is 4.76. The van der Waals surface area contributed by atoms with Gasteiger partial charge in [-0.05, 0) is 41.9 Å². The van der Waals surface area contributed by atoms with Crippen molar-refractivity contribution in [2.45, 2.75) is 45.1 Å². The van der Waals surface area contributed by atoms with Crippen LogP contribution in [0.25, 0.3) is 0 Å². The Hall–Kier alpha value is -0.910. The van der Waals surface area contributed by atoms with Crippen LogP contribution in [-0.2, 0) is 16.6 Å². The van der Waals surface area contributed by atoms with Gasteiger partial charge in [0.1, 0.15) is 0 Å². The molecule has 1 saturated heterocycles. The Morgan fingerprint density at radius 1 is 1.14 bits per heavy atom. The predicted molar refractivity (Wildman–Crippen MR) is 83.3 cm³/mol. The van der Waals surface area contributed by atoms with Crippen LogP contribution >= 0.6 is 0 Å². The average Bonchev–Trinajstić information content (AvgIpc) is 2.46. The fourth-order valence-corrected chi connectivity index (χ4v) is 4.35. The molecule has 5 heteroatoms. The summed E-state index contributed by atoms with van der Waals surface area (Å²) in [6.07, 6.45) is 1.83. The molecule has 1 N–H and O–H groups in total. The predicted octanol–water partition coefficient (Wildman–Crippen LogP) is 2.63. The van der Waals surface area contributed by atoms with Gasteiger partial charge in [-0.15, -0.1) is 0 Å². The highest BCUT2D eigenvalue weighted by atomic mass is 32.2. The Labute approximate surface area is 127 Å². The third-order valence-corrected chi connectivity index (χ3v) is 6.34. The van der Waals surface area contributed by atoms with Crippen molar-refractivity contribution in [2.24, 2.45) is 11.3 Å². The van der Waals surface area contributed by atoms with Gasteiger partial charge in [0.05, 0.1) is 11.5 Å². The zero-order valence-corrected chi connectivity index (χ0v) is 13.9. The highest BCUT2D eigenvalue weighted by Gasteiger charge is 2.33. The molecule has 1 aliphatic heterocycles. The molecule has 0 saturated carbocycles. The molecule has 21 heavy (non-hydrogen) atoms. The second-order valence-corrected chi connectivity index (χ2v) is 8.78. The number of aliphatic hydroxyl groups excluding tert-OH is 1. The summed E-state index contributed by atoms with van der Waals surface area (Å²) in [4.78, 5) is 0.314. The van der Waals surface area contributed by atoms with Gasteiger partial charge < -0.3 is 5.11 Å². The van der Waals surface area contributed by atoms with E-state index in [2.05, 4.69) is 20.8 Å². The van der Waals surface area contributed by atoms with E-state index in [0.717, 1.165) is 18.4 Å². The zero-order valence-electron chi connectivity index (χ0n) is 13.0. The van der Waals surface area contributed by atoms with Crippen LogP contribution in [-0.4, -0.2) is 30.9 Å². The smallest absolute Gasteiger partial charge is 0.243 e. The molecule has 1 aliphatic rings. The Bertz CT molecular complexity index is 565. The SMILES string of the molecule is CC(C)(C)C1CCN(S(=O)(=O)c2ccc(CO)cc2)CC1. The van der Waals surface area contributed by atoms with Crippen LogP contribution in [0.3, 0.4) is 0 Å². The largest absolute Gasteiger partial charge is 0.392 e. The summed E-state index contributed by atoms with van der Waals surface area (Å²) in [7, 11) is -3.40.